The molecule has 0 aliphatic carbocycles. The monoisotopic (exact) mass is 207 g/mol. The number of para-hydroxylation sites is 1. The minimum Gasteiger partial charge on any atom is -0.491 e. The van der Waals surface area contributed by atoms with E-state index in [0.29, 0.717) is 6.10 Å². The molecule has 0 aliphatic rings. The van der Waals surface area contributed by atoms with Gasteiger partial charge in [-0.2, -0.15) is 5.26 Å². The Kier molecular flexibility index (Phi) is 8.12. The van der Waals surface area contributed by atoms with Gasteiger partial charge in [-0.1, -0.05) is 25.1 Å². The fraction of sp³-hybridized carbons (Fsp3) is 0.417. The molecule has 1 N–H and O–H groups in total. The molecule has 0 aliphatic heterocycles. The van der Waals surface area contributed by atoms with Crippen LogP contribution in [0.2, 0.25) is 0 Å². The van der Waals surface area contributed by atoms with Crippen molar-refractivity contribution in [3.63, 3.8) is 0 Å². The summed E-state index contributed by atoms with van der Waals surface area (Å²) in [4.78, 5) is 0. The number of hydrogen-bond donors (Lipinski definition) is 1. The molecule has 0 bridgehead atoms. The highest BCUT2D eigenvalue weighted by atomic mass is 16.5. The third-order valence-corrected chi connectivity index (χ3v) is 1.73. The van der Waals surface area contributed by atoms with Crippen molar-refractivity contribution in [3.05, 3.63) is 30.3 Å². The molecule has 0 fully saturated rings. The number of rotatable bonds is 3. The highest BCUT2D eigenvalue weighted by molar-refractivity contribution is 5.21. The molecular weight excluding hydrogens is 190 g/mol. The number of nitriles is 1. The van der Waals surface area contributed by atoms with E-state index in [4.69, 9.17) is 15.1 Å². The smallest absolute Gasteiger partial charge is 0.130 e. The third-order valence-electron chi connectivity index (χ3n) is 1.73. The van der Waals surface area contributed by atoms with Gasteiger partial charge in [0, 0.05) is 0 Å². The van der Waals surface area contributed by atoms with Crippen LogP contribution < -0.4 is 4.74 Å². The number of ether oxygens (including phenoxy) is 1. The molecule has 1 unspecified atom stereocenters. The van der Waals surface area contributed by atoms with Crippen molar-refractivity contribution in [1.29, 1.82) is 5.26 Å². The highest BCUT2D eigenvalue weighted by Gasteiger charge is 1.97. The first-order valence-corrected chi connectivity index (χ1v) is 4.94. The Morgan fingerprint density at radius 2 is 1.93 bits per heavy atom. The first-order valence-electron chi connectivity index (χ1n) is 4.94. The van der Waals surface area contributed by atoms with Crippen molar-refractivity contribution in [2.75, 3.05) is 6.61 Å². The average Bonchev–Trinajstić information content (AvgIpc) is 2.30. The Morgan fingerprint density at radius 3 is 2.33 bits per heavy atom. The second-order valence-corrected chi connectivity index (χ2v) is 2.97. The SMILES string of the molecule is CCC(C)Oc1ccccc1.N#CCO. The molecule has 0 radical (unpaired) electrons. The van der Waals surface area contributed by atoms with Gasteiger partial charge in [-0.3, -0.25) is 0 Å². The molecule has 0 aromatic heterocycles. The molecule has 3 heteroatoms. The number of nitrogens with zero attached hydrogens (tertiary/aromatic N) is 1. The standard InChI is InChI=1S/C10H14O.C2H3NO/c1-3-9(2)11-10-7-5-4-6-8-10;3-1-2-4/h4-9H,3H2,1-2H3;4H,2H2. The van der Waals surface area contributed by atoms with Gasteiger partial charge < -0.3 is 9.84 Å². The summed E-state index contributed by atoms with van der Waals surface area (Å²) in [6.07, 6.45) is 1.37. The number of aliphatic hydroxyl groups excluding tert-OH is 1. The predicted molar refractivity (Wildman–Crippen MR) is 59.5 cm³/mol. The number of hydrogen-bond acceptors (Lipinski definition) is 3. The molecule has 82 valence electrons. The van der Waals surface area contributed by atoms with Crippen LogP contribution in [-0.2, 0) is 0 Å². The van der Waals surface area contributed by atoms with E-state index in [1.54, 1.807) is 0 Å². The summed E-state index contributed by atoms with van der Waals surface area (Å²) < 4.78 is 5.56. The zero-order chi connectivity index (χ0) is 11.5. The van der Waals surface area contributed by atoms with E-state index in [1.165, 1.54) is 6.07 Å². The van der Waals surface area contributed by atoms with Crippen molar-refractivity contribution >= 4 is 0 Å². The van der Waals surface area contributed by atoms with Crippen LogP contribution in [0.5, 0.6) is 5.75 Å². The van der Waals surface area contributed by atoms with Gasteiger partial charge in [0.25, 0.3) is 0 Å². The van der Waals surface area contributed by atoms with Crippen molar-refractivity contribution in [2.24, 2.45) is 0 Å². The lowest BCUT2D eigenvalue weighted by atomic mass is 10.3. The molecule has 1 aromatic rings. The van der Waals surface area contributed by atoms with Gasteiger partial charge >= 0.3 is 0 Å². The zero-order valence-corrected chi connectivity index (χ0v) is 9.18. The second kappa shape index (κ2) is 9.04. The first-order chi connectivity index (χ1) is 7.24. The fourth-order valence-corrected chi connectivity index (χ4v) is 0.815. The van der Waals surface area contributed by atoms with Crippen molar-refractivity contribution in [3.8, 4) is 11.8 Å². The van der Waals surface area contributed by atoms with Gasteiger partial charge in [0.2, 0.25) is 0 Å². The molecule has 1 aromatic carbocycles. The largest absolute Gasteiger partial charge is 0.491 e. The minimum absolute atomic E-state index is 0.317. The van der Waals surface area contributed by atoms with Crippen LogP contribution in [0.3, 0.4) is 0 Å². The quantitative estimate of drug-likeness (QED) is 0.774. The van der Waals surface area contributed by atoms with Crippen LogP contribution >= 0.6 is 0 Å². The lowest BCUT2D eigenvalue weighted by Gasteiger charge is -2.11. The summed E-state index contributed by atoms with van der Waals surface area (Å²) in [5.74, 6) is 0.960. The first kappa shape index (κ1) is 13.5. The summed E-state index contributed by atoms with van der Waals surface area (Å²) in [5, 5.41) is 14.9. The summed E-state index contributed by atoms with van der Waals surface area (Å²) in [7, 11) is 0. The lowest BCUT2D eigenvalue weighted by molar-refractivity contribution is 0.217. The summed E-state index contributed by atoms with van der Waals surface area (Å²) in [6, 6.07) is 11.4. The minimum atomic E-state index is -0.375. The maximum atomic E-state index is 7.51. The van der Waals surface area contributed by atoms with Gasteiger partial charge in [-0.15, -0.1) is 0 Å². The topological polar surface area (TPSA) is 53.2 Å². The van der Waals surface area contributed by atoms with Gasteiger partial charge in [-0.05, 0) is 25.5 Å². The average molecular weight is 207 g/mol. The van der Waals surface area contributed by atoms with E-state index < -0.39 is 0 Å². The van der Waals surface area contributed by atoms with E-state index in [-0.39, 0.29) is 6.61 Å². The van der Waals surface area contributed by atoms with E-state index in [1.807, 2.05) is 30.3 Å². The van der Waals surface area contributed by atoms with Crippen molar-refractivity contribution in [2.45, 2.75) is 26.4 Å². The normalized spacial score (nSPS) is 10.5. The van der Waals surface area contributed by atoms with E-state index >= 15 is 0 Å². The molecule has 0 amide bonds. The Hall–Kier alpha value is -1.53. The maximum absolute atomic E-state index is 7.51. The Labute approximate surface area is 90.9 Å². The lowest BCUT2D eigenvalue weighted by Crippen LogP contribution is -2.09. The highest BCUT2D eigenvalue weighted by Crippen LogP contribution is 2.11. The molecule has 1 rings (SSSR count). The van der Waals surface area contributed by atoms with E-state index in [9.17, 15) is 0 Å². The van der Waals surface area contributed by atoms with Crippen molar-refractivity contribution in [1.82, 2.24) is 0 Å². The van der Waals surface area contributed by atoms with Crippen LogP contribution in [0.1, 0.15) is 20.3 Å². The summed E-state index contributed by atoms with van der Waals surface area (Å²) in [5.41, 5.74) is 0. The Bertz CT molecular complexity index is 279. The Morgan fingerprint density at radius 1 is 1.40 bits per heavy atom. The number of benzene rings is 1. The van der Waals surface area contributed by atoms with E-state index in [2.05, 4.69) is 13.8 Å². The Balaban J connectivity index is 0.000000423. The molecular formula is C12H17NO2. The van der Waals surface area contributed by atoms with Crippen LogP contribution in [0.25, 0.3) is 0 Å². The summed E-state index contributed by atoms with van der Waals surface area (Å²) in [6.45, 7) is 3.82. The molecule has 0 heterocycles. The fourth-order valence-electron chi connectivity index (χ4n) is 0.815. The van der Waals surface area contributed by atoms with E-state index in [0.717, 1.165) is 12.2 Å². The molecule has 0 saturated heterocycles. The molecule has 3 nitrogen and oxygen atoms in total. The maximum Gasteiger partial charge on any atom is 0.130 e. The van der Waals surface area contributed by atoms with Crippen molar-refractivity contribution < 1.29 is 9.84 Å². The molecule has 0 spiro atoms. The van der Waals surface area contributed by atoms with Crippen LogP contribution in [0, 0.1) is 11.3 Å². The second-order valence-electron chi connectivity index (χ2n) is 2.97. The summed E-state index contributed by atoms with van der Waals surface area (Å²) >= 11 is 0. The predicted octanol–water partition coefficient (Wildman–Crippen LogP) is 2.37. The zero-order valence-electron chi connectivity index (χ0n) is 9.18. The van der Waals surface area contributed by atoms with Gasteiger partial charge in [0.1, 0.15) is 12.4 Å². The third kappa shape index (κ3) is 7.53. The molecule has 0 saturated carbocycles. The van der Waals surface area contributed by atoms with Gasteiger partial charge in [-0.25, -0.2) is 0 Å². The van der Waals surface area contributed by atoms with Gasteiger partial charge in [0.15, 0.2) is 0 Å². The number of aliphatic hydroxyl groups is 1. The molecule has 15 heavy (non-hydrogen) atoms. The van der Waals surface area contributed by atoms with Crippen LogP contribution in [-0.4, -0.2) is 17.8 Å². The van der Waals surface area contributed by atoms with Crippen LogP contribution in [0.15, 0.2) is 30.3 Å². The molecule has 1 atom stereocenters. The van der Waals surface area contributed by atoms with Gasteiger partial charge in [0.05, 0.1) is 12.2 Å². The van der Waals surface area contributed by atoms with Crippen LogP contribution in [0.4, 0.5) is 0 Å².